The van der Waals surface area contributed by atoms with Crippen molar-refractivity contribution in [3.05, 3.63) is 46.6 Å². The van der Waals surface area contributed by atoms with Crippen LogP contribution in [0.2, 0.25) is 0 Å². The van der Waals surface area contributed by atoms with Gasteiger partial charge in [0.1, 0.15) is 5.82 Å². The Bertz CT molecular complexity index is 825. The summed E-state index contributed by atoms with van der Waals surface area (Å²) in [5.74, 6) is 1.96. The van der Waals surface area contributed by atoms with Crippen LogP contribution < -0.4 is 5.56 Å². The van der Waals surface area contributed by atoms with Crippen molar-refractivity contribution < 1.29 is 4.79 Å². The van der Waals surface area contributed by atoms with Crippen molar-refractivity contribution in [1.82, 2.24) is 19.9 Å². The summed E-state index contributed by atoms with van der Waals surface area (Å²) in [6.07, 6.45) is 4.39. The Morgan fingerprint density at radius 1 is 1.24 bits per heavy atom. The third-order valence-corrected chi connectivity index (χ3v) is 5.31. The van der Waals surface area contributed by atoms with Crippen molar-refractivity contribution in [3.63, 3.8) is 0 Å². The minimum Gasteiger partial charge on any atom is -0.342 e. The van der Waals surface area contributed by atoms with E-state index in [2.05, 4.69) is 21.9 Å². The molecule has 2 aliphatic rings. The fraction of sp³-hybridized carbons (Fsp3) is 0.474. The zero-order valence-electron chi connectivity index (χ0n) is 14.3. The lowest BCUT2D eigenvalue weighted by Gasteiger charge is -2.31. The molecule has 1 aliphatic heterocycles. The van der Waals surface area contributed by atoms with Crippen LogP contribution in [-0.4, -0.2) is 38.8 Å². The largest absolute Gasteiger partial charge is 0.342 e. The molecule has 3 heterocycles. The van der Waals surface area contributed by atoms with E-state index in [1.807, 2.05) is 23.1 Å². The van der Waals surface area contributed by atoms with E-state index < -0.39 is 0 Å². The molecule has 1 saturated carbocycles. The molecule has 4 rings (SSSR count). The van der Waals surface area contributed by atoms with Crippen molar-refractivity contribution in [3.8, 4) is 11.4 Å². The van der Waals surface area contributed by atoms with Crippen LogP contribution in [0.15, 0.2) is 35.3 Å². The fourth-order valence-electron chi connectivity index (χ4n) is 3.59. The summed E-state index contributed by atoms with van der Waals surface area (Å²) in [6, 6.07) is 7.06. The van der Waals surface area contributed by atoms with Crippen molar-refractivity contribution in [2.75, 3.05) is 13.1 Å². The number of rotatable bonds is 3. The minimum absolute atomic E-state index is 0.157. The summed E-state index contributed by atoms with van der Waals surface area (Å²) in [6.45, 7) is 3.61. The number of pyridine rings is 1. The van der Waals surface area contributed by atoms with Crippen LogP contribution in [0, 0.1) is 11.8 Å². The highest BCUT2D eigenvalue weighted by atomic mass is 16.2. The Morgan fingerprint density at radius 2 is 2.00 bits per heavy atom. The second-order valence-electron chi connectivity index (χ2n) is 7.15. The van der Waals surface area contributed by atoms with Gasteiger partial charge in [0.25, 0.3) is 5.56 Å². The second kappa shape index (κ2) is 6.43. The van der Waals surface area contributed by atoms with Crippen LogP contribution in [0.3, 0.4) is 0 Å². The molecule has 0 radical (unpaired) electrons. The van der Waals surface area contributed by atoms with Gasteiger partial charge in [-0.25, -0.2) is 4.98 Å². The van der Waals surface area contributed by atoms with Gasteiger partial charge < -0.3 is 9.88 Å². The first-order valence-corrected chi connectivity index (χ1v) is 8.93. The number of H-pyrrole nitrogens is 1. The number of nitrogens with one attached hydrogen (secondary N) is 1. The first kappa shape index (κ1) is 16.0. The van der Waals surface area contributed by atoms with E-state index in [1.165, 1.54) is 6.07 Å². The zero-order valence-corrected chi connectivity index (χ0v) is 14.3. The lowest BCUT2D eigenvalue weighted by molar-refractivity contribution is -0.133. The summed E-state index contributed by atoms with van der Waals surface area (Å²) in [5, 5.41) is 0. The molecule has 1 amide bonds. The number of hydrogen-bond donors (Lipinski definition) is 1. The van der Waals surface area contributed by atoms with Crippen LogP contribution in [-0.2, 0) is 4.79 Å². The molecular formula is C19H22N4O2. The van der Waals surface area contributed by atoms with E-state index in [0.717, 1.165) is 32.4 Å². The molecule has 0 aromatic carbocycles. The summed E-state index contributed by atoms with van der Waals surface area (Å²) in [5.41, 5.74) is 1.14. The van der Waals surface area contributed by atoms with Crippen molar-refractivity contribution in [1.29, 1.82) is 0 Å². The Morgan fingerprint density at radius 3 is 2.64 bits per heavy atom. The molecule has 2 aromatic heterocycles. The van der Waals surface area contributed by atoms with Gasteiger partial charge in [-0.2, -0.15) is 0 Å². The molecule has 25 heavy (non-hydrogen) atoms. The summed E-state index contributed by atoms with van der Waals surface area (Å²) < 4.78 is 0. The Balaban J connectivity index is 1.49. The van der Waals surface area contributed by atoms with Gasteiger partial charge in [-0.3, -0.25) is 14.6 Å². The molecule has 1 aliphatic carbocycles. The maximum atomic E-state index is 12.4. The second-order valence-corrected chi connectivity index (χ2v) is 7.15. The third kappa shape index (κ3) is 3.34. The number of hydrogen-bond acceptors (Lipinski definition) is 4. The Kier molecular flexibility index (Phi) is 4.11. The van der Waals surface area contributed by atoms with Gasteiger partial charge in [0.15, 0.2) is 0 Å². The Hall–Kier alpha value is -2.50. The lowest BCUT2D eigenvalue weighted by atomic mass is 9.95. The molecule has 2 atom stereocenters. The molecule has 1 saturated heterocycles. The number of aromatic amines is 1. The van der Waals surface area contributed by atoms with Gasteiger partial charge in [0.05, 0.1) is 11.4 Å². The van der Waals surface area contributed by atoms with Crippen molar-refractivity contribution in [2.45, 2.75) is 32.1 Å². The molecule has 2 fully saturated rings. The van der Waals surface area contributed by atoms with E-state index in [4.69, 9.17) is 0 Å². The zero-order chi connectivity index (χ0) is 17.4. The molecule has 0 spiro atoms. The number of carbonyl (C=O) groups excluding carboxylic acids is 1. The third-order valence-electron chi connectivity index (χ3n) is 5.31. The SMILES string of the molecule is C[C@H]1C[C@@H]1C(=O)N1CCC(c2nc(-c3ccccn3)cc(=O)[nH]2)CC1. The normalized spacial score (nSPS) is 23.5. The summed E-state index contributed by atoms with van der Waals surface area (Å²) in [4.78, 5) is 38.2. The maximum Gasteiger partial charge on any atom is 0.251 e. The summed E-state index contributed by atoms with van der Waals surface area (Å²) >= 11 is 0. The van der Waals surface area contributed by atoms with E-state index in [1.54, 1.807) is 6.20 Å². The predicted octanol–water partition coefficient (Wildman–Crippen LogP) is 2.19. The van der Waals surface area contributed by atoms with E-state index in [-0.39, 0.29) is 17.4 Å². The highest BCUT2D eigenvalue weighted by Gasteiger charge is 2.42. The van der Waals surface area contributed by atoms with Gasteiger partial charge in [0.2, 0.25) is 5.91 Å². The van der Waals surface area contributed by atoms with Crippen LogP contribution in [0.5, 0.6) is 0 Å². The monoisotopic (exact) mass is 338 g/mol. The average molecular weight is 338 g/mol. The van der Waals surface area contributed by atoms with Crippen LogP contribution in [0.25, 0.3) is 11.4 Å². The first-order valence-electron chi connectivity index (χ1n) is 8.93. The molecule has 1 N–H and O–H groups in total. The van der Waals surface area contributed by atoms with Crippen molar-refractivity contribution >= 4 is 5.91 Å². The summed E-state index contributed by atoms with van der Waals surface area (Å²) in [7, 11) is 0. The number of nitrogens with zero attached hydrogens (tertiary/aromatic N) is 3. The predicted molar refractivity (Wildman–Crippen MR) is 93.9 cm³/mol. The number of likely N-dealkylation sites (tertiary alicyclic amines) is 1. The molecule has 2 aromatic rings. The van der Waals surface area contributed by atoms with Gasteiger partial charge in [-0.1, -0.05) is 13.0 Å². The molecule has 6 heteroatoms. The number of aromatic nitrogens is 3. The molecule has 0 unspecified atom stereocenters. The van der Waals surface area contributed by atoms with E-state index >= 15 is 0 Å². The Labute approximate surface area is 146 Å². The molecule has 6 nitrogen and oxygen atoms in total. The van der Waals surface area contributed by atoms with Gasteiger partial charge in [-0.15, -0.1) is 0 Å². The smallest absolute Gasteiger partial charge is 0.251 e. The van der Waals surface area contributed by atoms with Crippen LogP contribution >= 0.6 is 0 Å². The number of amides is 1. The van der Waals surface area contributed by atoms with Crippen molar-refractivity contribution in [2.24, 2.45) is 11.8 Å². The average Bonchev–Trinajstić information content (AvgIpc) is 3.38. The number of piperidine rings is 1. The van der Waals surface area contributed by atoms with Gasteiger partial charge >= 0.3 is 0 Å². The first-order chi connectivity index (χ1) is 12.1. The minimum atomic E-state index is -0.157. The van der Waals surface area contributed by atoms with E-state index in [0.29, 0.717) is 29.0 Å². The molecular weight excluding hydrogens is 316 g/mol. The van der Waals surface area contributed by atoms with Gasteiger partial charge in [0, 0.05) is 37.2 Å². The highest BCUT2D eigenvalue weighted by molar-refractivity contribution is 5.81. The topological polar surface area (TPSA) is 79.0 Å². The number of carbonyl (C=O) groups is 1. The van der Waals surface area contributed by atoms with Crippen LogP contribution in [0.1, 0.15) is 37.9 Å². The van der Waals surface area contributed by atoms with E-state index in [9.17, 15) is 9.59 Å². The molecule has 130 valence electrons. The quantitative estimate of drug-likeness (QED) is 0.930. The standard InChI is InChI=1S/C19H22N4O2/c1-12-10-14(12)19(25)23-8-5-13(6-9-23)18-21-16(11-17(24)22-18)15-4-2-3-7-20-15/h2-4,7,11-14H,5-6,8-10H2,1H3,(H,21,22,24)/t12-,14-/m0/s1. The maximum absolute atomic E-state index is 12.4. The fourth-order valence-corrected chi connectivity index (χ4v) is 3.59. The molecule has 0 bridgehead atoms. The van der Waals surface area contributed by atoms with Crippen LogP contribution in [0.4, 0.5) is 0 Å². The van der Waals surface area contributed by atoms with Gasteiger partial charge in [-0.05, 0) is 37.3 Å². The highest BCUT2D eigenvalue weighted by Crippen LogP contribution is 2.40. The lowest BCUT2D eigenvalue weighted by Crippen LogP contribution is -2.39.